The van der Waals surface area contributed by atoms with Crippen LogP contribution in [0.25, 0.3) is 0 Å². The largest absolute Gasteiger partial charge is 0.491 e. The molecule has 1 aromatic carbocycles. The first kappa shape index (κ1) is 16.4. The van der Waals surface area contributed by atoms with Crippen LogP contribution in [0, 0.1) is 5.82 Å². The van der Waals surface area contributed by atoms with Crippen LogP contribution in [0.5, 0.6) is 5.75 Å². The molecule has 2 N–H and O–H groups in total. The predicted molar refractivity (Wildman–Crippen MR) is 76.8 cm³/mol. The lowest BCUT2D eigenvalue weighted by Crippen LogP contribution is -2.44. The molecular formula is C13H19FN2O3S. The molecule has 5 nitrogen and oxygen atoms in total. The number of hydrogen-bond acceptors (Lipinski definition) is 3. The lowest BCUT2D eigenvalue weighted by molar-refractivity contribution is 0.227. The number of halogens is 1. The normalized spacial score (nSPS) is 13.3. The molecule has 0 aliphatic rings. The van der Waals surface area contributed by atoms with Gasteiger partial charge in [0.2, 0.25) is 0 Å². The number of urea groups is 1. The maximum Gasteiger partial charge on any atom is 0.315 e. The monoisotopic (exact) mass is 302 g/mol. The zero-order valence-corrected chi connectivity index (χ0v) is 12.3. The molecule has 0 bridgehead atoms. The fourth-order valence-corrected chi connectivity index (χ4v) is 1.79. The Balaban J connectivity index is 2.24. The molecule has 0 fully saturated rings. The van der Waals surface area contributed by atoms with Crippen molar-refractivity contribution in [3.8, 4) is 5.75 Å². The van der Waals surface area contributed by atoms with E-state index in [2.05, 4.69) is 10.6 Å². The van der Waals surface area contributed by atoms with Gasteiger partial charge in [-0.05, 0) is 19.1 Å². The third-order valence-corrected chi connectivity index (χ3v) is 3.13. The van der Waals surface area contributed by atoms with E-state index in [1.54, 1.807) is 25.3 Å². The number of benzene rings is 1. The first-order valence-electron chi connectivity index (χ1n) is 6.20. The van der Waals surface area contributed by atoms with Crippen molar-refractivity contribution in [2.75, 3.05) is 25.2 Å². The average Bonchev–Trinajstić information content (AvgIpc) is 2.36. The summed E-state index contributed by atoms with van der Waals surface area (Å²) in [6.07, 6.45) is 1.58. The third kappa shape index (κ3) is 7.08. The number of carbonyl (C=O) groups is 1. The second kappa shape index (κ2) is 8.52. The van der Waals surface area contributed by atoms with Crippen molar-refractivity contribution in [1.29, 1.82) is 0 Å². The Morgan fingerprint density at radius 2 is 2.25 bits per heavy atom. The molecule has 1 rings (SSSR count). The first-order chi connectivity index (χ1) is 9.47. The minimum atomic E-state index is -0.928. The second-order valence-corrected chi connectivity index (χ2v) is 5.90. The molecule has 20 heavy (non-hydrogen) atoms. The Morgan fingerprint density at radius 3 is 2.90 bits per heavy atom. The van der Waals surface area contributed by atoms with E-state index in [4.69, 9.17) is 4.74 Å². The molecule has 0 radical (unpaired) electrons. The van der Waals surface area contributed by atoms with Crippen LogP contribution in [0.3, 0.4) is 0 Å². The van der Waals surface area contributed by atoms with Gasteiger partial charge in [0.15, 0.2) is 0 Å². The van der Waals surface area contributed by atoms with E-state index < -0.39 is 10.8 Å². The lowest BCUT2D eigenvalue weighted by Gasteiger charge is -2.15. The Kier molecular flexibility index (Phi) is 7.00. The first-order valence-corrected chi connectivity index (χ1v) is 7.93. The van der Waals surface area contributed by atoms with Crippen LogP contribution in [0.4, 0.5) is 9.18 Å². The SMILES string of the molecule is C[C@@H](COc1cccc(F)c1)NC(=O)NCC[S@@](C)=O. The van der Waals surface area contributed by atoms with E-state index in [0.29, 0.717) is 18.0 Å². The number of ether oxygens (including phenoxy) is 1. The van der Waals surface area contributed by atoms with Crippen LogP contribution < -0.4 is 15.4 Å². The maximum absolute atomic E-state index is 12.9. The quantitative estimate of drug-likeness (QED) is 0.797. The standard InChI is InChI=1S/C13H19FN2O3S/c1-10(16-13(17)15-6-7-20(2)18)9-19-12-5-3-4-11(14)8-12/h3-5,8,10H,6-7,9H2,1-2H3,(H2,15,16,17)/t10-,20+/m0/s1. The van der Waals surface area contributed by atoms with E-state index in [1.165, 1.54) is 12.1 Å². The molecule has 0 aliphatic heterocycles. The van der Waals surface area contributed by atoms with E-state index in [9.17, 15) is 13.4 Å². The molecule has 0 heterocycles. The van der Waals surface area contributed by atoms with Crippen molar-refractivity contribution >= 4 is 16.8 Å². The van der Waals surface area contributed by atoms with Crippen molar-refractivity contribution < 1.29 is 18.1 Å². The maximum atomic E-state index is 12.9. The Bertz CT molecular complexity index is 471. The molecule has 2 amide bonds. The minimum absolute atomic E-state index is 0.231. The van der Waals surface area contributed by atoms with E-state index in [0.717, 1.165) is 0 Å². The van der Waals surface area contributed by atoms with Gasteiger partial charge in [-0.3, -0.25) is 4.21 Å². The van der Waals surface area contributed by atoms with Crippen LogP contribution in [0.15, 0.2) is 24.3 Å². The molecule has 0 aromatic heterocycles. The highest BCUT2D eigenvalue weighted by Gasteiger charge is 2.07. The average molecular weight is 302 g/mol. The molecule has 112 valence electrons. The Labute approximate surface area is 120 Å². The van der Waals surface area contributed by atoms with Gasteiger partial charge in [0.05, 0.1) is 6.04 Å². The number of amides is 2. The minimum Gasteiger partial charge on any atom is -0.491 e. The van der Waals surface area contributed by atoms with Crippen LogP contribution >= 0.6 is 0 Å². The van der Waals surface area contributed by atoms with Gasteiger partial charge in [0, 0.05) is 35.4 Å². The highest BCUT2D eigenvalue weighted by atomic mass is 32.2. The summed E-state index contributed by atoms with van der Waals surface area (Å²) in [5.74, 6) is 0.468. The molecule has 1 aromatic rings. The van der Waals surface area contributed by atoms with Crippen molar-refractivity contribution in [3.63, 3.8) is 0 Å². The van der Waals surface area contributed by atoms with Crippen molar-refractivity contribution in [2.45, 2.75) is 13.0 Å². The van der Waals surface area contributed by atoms with Crippen LogP contribution in [0.1, 0.15) is 6.92 Å². The fraction of sp³-hybridized carbons (Fsp3) is 0.462. The molecule has 2 atom stereocenters. The van der Waals surface area contributed by atoms with E-state index in [-0.39, 0.29) is 24.5 Å². The highest BCUT2D eigenvalue weighted by Crippen LogP contribution is 2.11. The molecule has 0 spiro atoms. The van der Waals surface area contributed by atoms with Gasteiger partial charge >= 0.3 is 6.03 Å². The molecule has 0 saturated carbocycles. The van der Waals surface area contributed by atoms with Gasteiger partial charge in [-0.15, -0.1) is 0 Å². The summed E-state index contributed by atoms with van der Waals surface area (Å²) in [6.45, 7) is 2.36. The zero-order valence-electron chi connectivity index (χ0n) is 11.5. The van der Waals surface area contributed by atoms with Crippen molar-refractivity contribution in [3.05, 3.63) is 30.1 Å². The van der Waals surface area contributed by atoms with Gasteiger partial charge < -0.3 is 15.4 Å². The van der Waals surface area contributed by atoms with Gasteiger partial charge in [-0.1, -0.05) is 6.07 Å². The van der Waals surface area contributed by atoms with Gasteiger partial charge in [0.25, 0.3) is 0 Å². The summed E-state index contributed by atoms with van der Waals surface area (Å²) in [6, 6.07) is 5.24. The fourth-order valence-electron chi connectivity index (χ4n) is 1.40. The Morgan fingerprint density at radius 1 is 1.50 bits per heavy atom. The van der Waals surface area contributed by atoms with E-state index in [1.807, 2.05) is 0 Å². The van der Waals surface area contributed by atoms with Crippen LogP contribution in [-0.4, -0.2) is 41.4 Å². The lowest BCUT2D eigenvalue weighted by atomic mass is 10.3. The summed E-state index contributed by atoms with van der Waals surface area (Å²) in [7, 11) is -0.928. The number of nitrogens with one attached hydrogen (secondary N) is 2. The summed E-state index contributed by atoms with van der Waals surface area (Å²) in [4.78, 5) is 11.5. The smallest absolute Gasteiger partial charge is 0.315 e. The van der Waals surface area contributed by atoms with Crippen LogP contribution in [0.2, 0.25) is 0 Å². The molecule has 0 unspecified atom stereocenters. The van der Waals surface area contributed by atoms with Crippen molar-refractivity contribution in [2.24, 2.45) is 0 Å². The number of carbonyl (C=O) groups excluding carboxylic acids is 1. The molecule has 7 heteroatoms. The molecule has 0 aliphatic carbocycles. The molecule has 0 saturated heterocycles. The summed E-state index contributed by atoms with van der Waals surface area (Å²) in [5, 5.41) is 5.26. The predicted octanol–water partition coefficient (Wildman–Crippen LogP) is 1.27. The van der Waals surface area contributed by atoms with Crippen LogP contribution in [-0.2, 0) is 10.8 Å². The summed E-state index contributed by atoms with van der Waals surface area (Å²) >= 11 is 0. The summed E-state index contributed by atoms with van der Waals surface area (Å²) in [5.41, 5.74) is 0. The van der Waals surface area contributed by atoms with E-state index >= 15 is 0 Å². The summed E-state index contributed by atoms with van der Waals surface area (Å²) < 4.78 is 29.1. The third-order valence-electron chi connectivity index (χ3n) is 2.35. The van der Waals surface area contributed by atoms with Gasteiger partial charge in [-0.25, -0.2) is 9.18 Å². The van der Waals surface area contributed by atoms with Gasteiger partial charge in [-0.2, -0.15) is 0 Å². The molecular weight excluding hydrogens is 283 g/mol. The zero-order chi connectivity index (χ0) is 15.0. The highest BCUT2D eigenvalue weighted by molar-refractivity contribution is 7.84. The second-order valence-electron chi connectivity index (χ2n) is 4.35. The number of hydrogen-bond donors (Lipinski definition) is 2. The number of rotatable bonds is 7. The van der Waals surface area contributed by atoms with Gasteiger partial charge in [0.1, 0.15) is 18.2 Å². The van der Waals surface area contributed by atoms with Crippen molar-refractivity contribution in [1.82, 2.24) is 10.6 Å². The topological polar surface area (TPSA) is 67.4 Å². The Hall–Kier alpha value is -1.63.